The first kappa shape index (κ1) is 23.8. The average Bonchev–Trinajstić information content (AvgIpc) is 3.19. The molecule has 7 heteroatoms. The van der Waals surface area contributed by atoms with Crippen LogP contribution in [-0.2, 0) is 5.54 Å². The summed E-state index contributed by atoms with van der Waals surface area (Å²) in [5.41, 5.74) is 0.924. The van der Waals surface area contributed by atoms with Crippen molar-refractivity contribution in [2.24, 2.45) is 28.3 Å². The van der Waals surface area contributed by atoms with Crippen LogP contribution in [0.5, 0.6) is 0 Å². The number of fused-ring (bicyclic) bond motifs is 3. The summed E-state index contributed by atoms with van der Waals surface area (Å²) in [6, 6.07) is 20.5. The second-order valence-electron chi connectivity index (χ2n) is 11.4. The van der Waals surface area contributed by atoms with E-state index < -0.39 is 11.1 Å². The number of rotatable bonds is 3. The monoisotopic (exact) mass is 517 g/mol. The molecule has 3 heterocycles. The van der Waals surface area contributed by atoms with Crippen molar-refractivity contribution in [1.29, 1.82) is 10.5 Å². The summed E-state index contributed by atoms with van der Waals surface area (Å²) in [4.78, 5) is 2.37. The Morgan fingerprint density at radius 1 is 0.917 bits per heavy atom. The topological polar surface area (TPSA) is 66.4 Å². The molecule has 0 unspecified atom stereocenters. The molecular weight excluding hydrogens is 489 g/mol. The lowest BCUT2D eigenvalue weighted by molar-refractivity contribution is 0.0309. The van der Waals surface area contributed by atoms with Crippen LogP contribution in [0.15, 0.2) is 53.6 Å². The van der Waals surface area contributed by atoms with Crippen LogP contribution >= 0.6 is 23.2 Å². The Labute approximate surface area is 222 Å². The van der Waals surface area contributed by atoms with E-state index in [0.717, 1.165) is 42.8 Å². The number of hydrogen-bond donors (Lipinski definition) is 0. The van der Waals surface area contributed by atoms with Gasteiger partial charge in [-0.05, 0) is 66.7 Å². The molecule has 0 spiro atoms. The zero-order chi connectivity index (χ0) is 25.5. The SMILES string of the molecule is C[C@H]1[C@H](N2CCCC2)C(C#N)(C#N)N2N=C(c3ccc(Cl)cc3)[C@@H]3[C@@H](C3(C)C)[C@]12c1ccc(Cl)cc1. The highest BCUT2D eigenvalue weighted by molar-refractivity contribution is 6.31. The van der Waals surface area contributed by atoms with E-state index >= 15 is 0 Å². The minimum atomic E-state index is -1.41. The van der Waals surface area contributed by atoms with Gasteiger partial charge in [-0.2, -0.15) is 15.6 Å². The lowest BCUT2D eigenvalue weighted by Gasteiger charge is -2.46. The predicted octanol–water partition coefficient (Wildman–Crippen LogP) is 6.08. The molecule has 6 rings (SSSR count). The Bertz CT molecular complexity index is 1300. The molecule has 0 amide bonds. The van der Waals surface area contributed by atoms with Crippen LogP contribution in [0.25, 0.3) is 0 Å². The average molecular weight is 518 g/mol. The van der Waals surface area contributed by atoms with E-state index in [2.05, 4.69) is 49.9 Å². The van der Waals surface area contributed by atoms with Crippen LogP contribution in [0.1, 0.15) is 44.7 Å². The van der Waals surface area contributed by atoms with Crippen molar-refractivity contribution in [2.45, 2.75) is 50.7 Å². The van der Waals surface area contributed by atoms with E-state index in [1.54, 1.807) is 0 Å². The highest BCUT2D eigenvalue weighted by atomic mass is 35.5. The van der Waals surface area contributed by atoms with Gasteiger partial charge < -0.3 is 0 Å². The number of halogens is 2. The van der Waals surface area contributed by atoms with E-state index in [-0.39, 0.29) is 29.2 Å². The number of likely N-dealkylation sites (tertiary alicyclic amines) is 1. The number of hydrogen-bond acceptors (Lipinski definition) is 5. The van der Waals surface area contributed by atoms with Crippen LogP contribution < -0.4 is 0 Å². The summed E-state index contributed by atoms with van der Waals surface area (Å²) in [6.07, 6.45) is 2.17. The van der Waals surface area contributed by atoms with Crippen molar-refractivity contribution in [3.05, 3.63) is 69.7 Å². The summed E-state index contributed by atoms with van der Waals surface area (Å²) >= 11 is 12.5. The van der Waals surface area contributed by atoms with Gasteiger partial charge in [0.25, 0.3) is 0 Å². The van der Waals surface area contributed by atoms with Crippen LogP contribution in [0.3, 0.4) is 0 Å². The largest absolute Gasteiger partial charge is 0.296 e. The molecule has 2 aromatic rings. The molecular formula is C29H29Cl2N5. The van der Waals surface area contributed by atoms with Gasteiger partial charge in [-0.25, -0.2) is 0 Å². The molecule has 4 aliphatic rings. The summed E-state index contributed by atoms with van der Waals surface area (Å²) in [5.74, 6) is 0.374. The molecule has 5 nitrogen and oxygen atoms in total. The van der Waals surface area contributed by atoms with Crippen molar-refractivity contribution in [3.63, 3.8) is 0 Å². The maximum Gasteiger partial charge on any atom is 0.246 e. The zero-order valence-corrected chi connectivity index (χ0v) is 22.3. The van der Waals surface area contributed by atoms with E-state index in [0.29, 0.717) is 10.0 Å². The first-order valence-corrected chi connectivity index (χ1v) is 13.5. The van der Waals surface area contributed by atoms with E-state index in [1.165, 1.54) is 0 Å². The normalized spacial score (nSPS) is 33.8. The molecule has 0 aromatic heterocycles. The Morgan fingerprint density at radius 2 is 1.47 bits per heavy atom. The van der Waals surface area contributed by atoms with Crippen molar-refractivity contribution in [1.82, 2.24) is 9.91 Å². The summed E-state index contributed by atoms with van der Waals surface area (Å²) in [7, 11) is 0. The van der Waals surface area contributed by atoms with Gasteiger partial charge in [-0.3, -0.25) is 9.91 Å². The highest BCUT2D eigenvalue weighted by Gasteiger charge is 2.81. The third kappa shape index (κ3) is 2.89. The fourth-order valence-corrected chi connectivity index (χ4v) is 8.17. The van der Waals surface area contributed by atoms with Gasteiger partial charge in [0.05, 0.1) is 17.3 Å². The first-order valence-electron chi connectivity index (χ1n) is 12.7. The molecule has 3 aliphatic heterocycles. The Kier molecular flexibility index (Phi) is 5.27. The van der Waals surface area contributed by atoms with E-state index in [4.69, 9.17) is 28.3 Å². The molecule has 1 saturated carbocycles. The zero-order valence-electron chi connectivity index (χ0n) is 20.7. The van der Waals surface area contributed by atoms with Crippen molar-refractivity contribution in [3.8, 4) is 12.1 Å². The molecule has 36 heavy (non-hydrogen) atoms. The molecule has 0 bridgehead atoms. The van der Waals surface area contributed by atoms with Crippen LogP contribution in [0.4, 0.5) is 0 Å². The second kappa shape index (κ2) is 7.96. The van der Waals surface area contributed by atoms with Gasteiger partial charge in [0.1, 0.15) is 12.1 Å². The molecule has 184 valence electrons. The standard InChI is InChI=1S/C29H29Cl2N5/c1-18-26(35-14-4-5-15-35)28(16-32,17-33)36-29(18,20-8-12-22(31)13-9-20)25-23(27(25,2)3)24(34-36)19-6-10-21(30)11-7-19/h6-13,18,23,25-26H,4-5,14-15H2,1-3H3/t18-,23+,25-,26-,29+/m0/s1. The van der Waals surface area contributed by atoms with Crippen molar-refractivity contribution < 1.29 is 0 Å². The fourth-order valence-electron chi connectivity index (χ4n) is 7.92. The Morgan fingerprint density at radius 3 is 2.03 bits per heavy atom. The minimum Gasteiger partial charge on any atom is -0.296 e. The van der Waals surface area contributed by atoms with Gasteiger partial charge in [0.2, 0.25) is 5.54 Å². The lowest BCUT2D eigenvalue weighted by Crippen LogP contribution is -2.56. The highest BCUT2D eigenvalue weighted by Crippen LogP contribution is 2.75. The Hall–Kier alpha value is -2.57. The van der Waals surface area contributed by atoms with Crippen LogP contribution in [0.2, 0.25) is 10.0 Å². The summed E-state index contributed by atoms with van der Waals surface area (Å²) in [6.45, 7) is 8.62. The molecule has 0 radical (unpaired) electrons. The quantitative estimate of drug-likeness (QED) is 0.494. The molecule has 2 aromatic carbocycles. The number of nitrogens with zero attached hydrogens (tertiary/aromatic N) is 5. The molecule has 0 N–H and O–H groups in total. The van der Waals surface area contributed by atoms with Gasteiger partial charge in [0, 0.05) is 27.8 Å². The van der Waals surface area contributed by atoms with E-state index in [9.17, 15) is 10.5 Å². The molecule has 3 fully saturated rings. The van der Waals surface area contributed by atoms with Crippen molar-refractivity contribution in [2.75, 3.05) is 13.1 Å². The maximum atomic E-state index is 10.8. The third-order valence-corrected chi connectivity index (χ3v) is 9.91. The smallest absolute Gasteiger partial charge is 0.246 e. The number of benzene rings is 2. The van der Waals surface area contributed by atoms with Gasteiger partial charge >= 0.3 is 0 Å². The maximum absolute atomic E-state index is 10.8. The lowest BCUT2D eigenvalue weighted by atomic mass is 9.71. The summed E-state index contributed by atoms with van der Waals surface area (Å²) in [5, 5.41) is 30.1. The van der Waals surface area contributed by atoms with Crippen LogP contribution in [-0.4, -0.2) is 40.3 Å². The van der Waals surface area contributed by atoms with Crippen molar-refractivity contribution >= 4 is 28.9 Å². The third-order valence-electron chi connectivity index (χ3n) is 9.41. The summed E-state index contributed by atoms with van der Waals surface area (Å²) < 4.78 is 0. The number of nitriles is 2. The second-order valence-corrected chi connectivity index (χ2v) is 12.3. The van der Waals surface area contributed by atoms with Crippen LogP contribution in [0, 0.1) is 45.8 Å². The Balaban J connectivity index is 1.65. The fraction of sp³-hybridized carbons (Fsp3) is 0.483. The molecule has 1 aliphatic carbocycles. The number of hydrazone groups is 1. The predicted molar refractivity (Wildman–Crippen MR) is 141 cm³/mol. The van der Waals surface area contributed by atoms with Gasteiger partial charge in [0.15, 0.2) is 0 Å². The minimum absolute atomic E-state index is 0.000804. The first-order chi connectivity index (χ1) is 17.2. The molecule has 5 atom stereocenters. The van der Waals surface area contributed by atoms with E-state index in [1.807, 2.05) is 41.4 Å². The molecule has 2 saturated heterocycles. The van der Waals surface area contributed by atoms with Gasteiger partial charge in [-0.15, -0.1) is 0 Å². The van der Waals surface area contributed by atoms with Gasteiger partial charge in [-0.1, -0.05) is 68.2 Å².